The monoisotopic (exact) mass is 413 g/mol. The standard InChI is InChI=1S/C25H20ClN3O/c1-15-3-7-17(8-4-15)22-21-23(28-27-22)25(30)29(20-13-11-19(26)12-14-20)24(21)18-9-5-16(2)6-10-18/h3-14,24H,1-2H3,(H,27,28). The first-order chi connectivity index (χ1) is 14.5. The first-order valence-electron chi connectivity index (χ1n) is 9.84. The van der Waals surface area contributed by atoms with Gasteiger partial charge in [-0.1, -0.05) is 71.3 Å². The Balaban J connectivity index is 1.71. The van der Waals surface area contributed by atoms with Gasteiger partial charge in [-0.15, -0.1) is 0 Å². The Hall–Kier alpha value is -3.37. The van der Waals surface area contributed by atoms with Crippen LogP contribution in [0.1, 0.15) is 38.8 Å². The summed E-state index contributed by atoms with van der Waals surface area (Å²) in [5.41, 5.74) is 7.43. The van der Waals surface area contributed by atoms with Gasteiger partial charge in [0, 0.05) is 21.8 Å². The molecule has 30 heavy (non-hydrogen) atoms. The predicted octanol–water partition coefficient (Wildman–Crippen LogP) is 6.10. The highest BCUT2D eigenvalue weighted by molar-refractivity contribution is 6.30. The summed E-state index contributed by atoms with van der Waals surface area (Å²) in [7, 11) is 0. The van der Waals surface area contributed by atoms with Crippen molar-refractivity contribution >= 4 is 23.2 Å². The van der Waals surface area contributed by atoms with E-state index < -0.39 is 0 Å². The van der Waals surface area contributed by atoms with Crippen LogP contribution in [-0.2, 0) is 0 Å². The second-order valence-electron chi connectivity index (χ2n) is 7.69. The summed E-state index contributed by atoms with van der Waals surface area (Å²) in [5, 5.41) is 8.17. The Morgan fingerprint density at radius 2 is 1.47 bits per heavy atom. The van der Waals surface area contributed by atoms with E-state index in [0.717, 1.165) is 28.1 Å². The third-order valence-electron chi connectivity index (χ3n) is 5.59. The van der Waals surface area contributed by atoms with Gasteiger partial charge in [-0.3, -0.25) is 14.8 Å². The number of hydrogen-bond donors (Lipinski definition) is 1. The van der Waals surface area contributed by atoms with Gasteiger partial charge in [-0.05, 0) is 43.7 Å². The largest absolute Gasteiger partial charge is 0.295 e. The Morgan fingerprint density at radius 3 is 2.10 bits per heavy atom. The lowest BCUT2D eigenvalue weighted by atomic mass is 9.95. The van der Waals surface area contributed by atoms with Crippen LogP contribution in [0.3, 0.4) is 0 Å². The number of hydrogen-bond acceptors (Lipinski definition) is 2. The second-order valence-corrected chi connectivity index (χ2v) is 8.13. The number of nitrogens with one attached hydrogen (secondary N) is 1. The minimum Gasteiger partial charge on any atom is -0.295 e. The van der Waals surface area contributed by atoms with E-state index in [9.17, 15) is 4.79 Å². The van der Waals surface area contributed by atoms with Gasteiger partial charge in [0.15, 0.2) is 0 Å². The van der Waals surface area contributed by atoms with Gasteiger partial charge in [0.05, 0.1) is 11.7 Å². The van der Waals surface area contributed by atoms with Gasteiger partial charge in [0.1, 0.15) is 5.69 Å². The molecule has 5 rings (SSSR count). The summed E-state index contributed by atoms with van der Waals surface area (Å²) in [5.74, 6) is -0.0937. The van der Waals surface area contributed by atoms with Crippen LogP contribution in [0.4, 0.5) is 5.69 Å². The Bertz CT molecular complexity index is 1230. The Labute approximate surface area is 180 Å². The number of aromatic amines is 1. The lowest BCUT2D eigenvalue weighted by Gasteiger charge is -2.26. The fourth-order valence-electron chi connectivity index (χ4n) is 4.01. The van der Waals surface area contributed by atoms with Gasteiger partial charge in [-0.2, -0.15) is 5.10 Å². The highest BCUT2D eigenvalue weighted by Gasteiger charge is 2.43. The number of anilines is 1. The zero-order valence-electron chi connectivity index (χ0n) is 16.7. The number of aromatic nitrogens is 2. The normalized spacial score (nSPS) is 15.5. The van der Waals surface area contributed by atoms with Crippen LogP contribution < -0.4 is 4.90 Å². The molecule has 1 N–H and O–H groups in total. The Morgan fingerprint density at radius 1 is 0.867 bits per heavy atom. The molecule has 1 amide bonds. The molecule has 3 aromatic carbocycles. The van der Waals surface area contributed by atoms with Gasteiger partial charge in [-0.25, -0.2) is 0 Å². The molecule has 1 unspecified atom stereocenters. The zero-order valence-corrected chi connectivity index (χ0v) is 17.4. The van der Waals surface area contributed by atoms with Crippen molar-refractivity contribution in [1.82, 2.24) is 10.2 Å². The molecule has 148 valence electrons. The fraction of sp³-hybridized carbons (Fsp3) is 0.120. The van der Waals surface area contributed by atoms with Crippen LogP contribution in [-0.4, -0.2) is 16.1 Å². The molecule has 0 aliphatic carbocycles. The summed E-state index contributed by atoms with van der Waals surface area (Å²) in [4.78, 5) is 15.3. The molecule has 1 aliphatic heterocycles. The van der Waals surface area contributed by atoms with E-state index in [2.05, 4.69) is 60.4 Å². The molecule has 0 saturated heterocycles. The van der Waals surface area contributed by atoms with E-state index in [1.54, 1.807) is 0 Å². The van der Waals surface area contributed by atoms with Gasteiger partial charge >= 0.3 is 0 Å². The highest BCUT2D eigenvalue weighted by atomic mass is 35.5. The van der Waals surface area contributed by atoms with Crippen molar-refractivity contribution in [2.24, 2.45) is 0 Å². The lowest BCUT2D eigenvalue weighted by Crippen LogP contribution is -2.29. The molecule has 0 radical (unpaired) electrons. The molecular formula is C25H20ClN3O. The van der Waals surface area contributed by atoms with Crippen LogP contribution >= 0.6 is 11.6 Å². The minimum absolute atomic E-state index is 0.0937. The molecule has 0 bridgehead atoms. The van der Waals surface area contributed by atoms with Crippen molar-refractivity contribution in [2.45, 2.75) is 19.9 Å². The maximum absolute atomic E-state index is 13.5. The van der Waals surface area contributed by atoms with E-state index in [4.69, 9.17) is 11.6 Å². The van der Waals surface area contributed by atoms with Gasteiger partial charge in [0.25, 0.3) is 5.91 Å². The molecule has 4 nitrogen and oxygen atoms in total. The first-order valence-corrected chi connectivity index (χ1v) is 10.2. The molecule has 5 heteroatoms. The van der Waals surface area contributed by atoms with Crippen molar-refractivity contribution in [1.29, 1.82) is 0 Å². The third-order valence-corrected chi connectivity index (χ3v) is 5.84. The van der Waals surface area contributed by atoms with E-state index >= 15 is 0 Å². The third kappa shape index (κ3) is 3.01. The average molecular weight is 414 g/mol. The molecule has 4 aromatic rings. The minimum atomic E-state index is -0.274. The maximum atomic E-state index is 13.5. The van der Waals surface area contributed by atoms with E-state index in [1.807, 2.05) is 41.3 Å². The number of H-pyrrole nitrogens is 1. The average Bonchev–Trinajstić information content (AvgIpc) is 3.29. The number of carbonyl (C=O) groups excluding carboxylic acids is 1. The molecule has 1 atom stereocenters. The quantitative estimate of drug-likeness (QED) is 0.441. The van der Waals surface area contributed by atoms with Crippen LogP contribution in [0.2, 0.25) is 5.02 Å². The molecular weight excluding hydrogens is 394 g/mol. The SMILES string of the molecule is Cc1ccc(-c2n[nH]c3c2C(c2ccc(C)cc2)N(c2ccc(Cl)cc2)C3=O)cc1. The number of benzene rings is 3. The molecule has 2 heterocycles. The van der Waals surface area contributed by atoms with Crippen LogP contribution in [0, 0.1) is 13.8 Å². The number of fused-ring (bicyclic) bond motifs is 1. The predicted molar refractivity (Wildman–Crippen MR) is 120 cm³/mol. The fourth-order valence-corrected chi connectivity index (χ4v) is 4.14. The van der Waals surface area contributed by atoms with E-state index in [-0.39, 0.29) is 11.9 Å². The molecule has 1 aromatic heterocycles. The summed E-state index contributed by atoms with van der Waals surface area (Å²) < 4.78 is 0. The summed E-state index contributed by atoms with van der Waals surface area (Å²) in [6.07, 6.45) is 0. The number of halogens is 1. The smallest absolute Gasteiger partial charge is 0.277 e. The van der Waals surface area contributed by atoms with Crippen LogP contribution in [0.15, 0.2) is 72.8 Å². The van der Waals surface area contributed by atoms with Crippen molar-refractivity contribution < 1.29 is 4.79 Å². The molecule has 1 aliphatic rings. The van der Waals surface area contributed by atoms with Crippen molar-refractivity contribution in [3.8, 4) is 11.3 Å². The molecule has 0 spiro atoms. The lowest BCUT2D eigenvalue weighted by molar-refractivity contribution is 0.0989. The van der Waals surface area contributed by atoms with Crippen molar-refractivity contribution in [3.05, 3.63) is 106 Å². The number of rotatable bonds is 3. The van der Waals surface area contributed by atoms with Gasteiger partial charge < -0.3 is 0 Å². The Kier molecular flexibility index (Phi) is 4.44. The first kappa shape index (κ1) is 18.6. The highest BCUT2D eigenvalue weighted by Crippen LogP contribution is 2.45. The van der Waals surface area contributed by atoms with Crippen LogP contribution in [0.25, 0.3) is 11.3 Å². The zero-order chi connectivity index (χ0) is 20.8. The maximum Gasteiger partial charge on any atom is 0.277 e. The van der Waals surface area contributed by atoms with Crippen molar-refractivity contribution in [3.63, 3.8) is 0 Å². The number of amides is 1. The molecule has 0 fully saturated rings. The van der Waals surface area contributed by atoms with E-state index in [0.29, 0.717) is 10.7 Å². The summed E-state index contributed by atoms with van der Waals surface area (Å²) in [6, 6.07) is 23.6. The summed E-state index contributed by atoms with van der Waals surface area (Å²) >= 11 is 6.09. The number of aryl methyl sites for hydroxylation is 2. The number of carbonyl (C=O) groups is 1. The summed E-state index contributed by atoms with van der Waals surface area (Å²) in [6.45, 7) is 4.11. The second kappa shape index (κ2) is 7.15. The van der Waals surface area contributed by atoms with Gasteiger partial charge in [0.2, 0.25) is 0 Å². The van der Waals surface area contributed by atoms with Crippen LogP contribution in [0.5, 0.6) is 0 Å². The van der Waals surface area contributed by atoms with E-state index in [1.165, 1.54) is 11.1 Å². The topological polar surface area (TPSA) is 49.0 Å². The molecule has 0 saturated carbocycles. The number of nitrogens with zero attached hydrogens (tertiary/aromatic N) is 2. The van der Waals surface area contributed by atoms with Crippen molar-refractivity contribution in [2.75, 3.05) is 4.90 Å².